The minimum absolute atomic E-state index is 0.00910. The Kier molecular flexibility index (Phi) is 10.5. The fourth-order valence-electron chi connectivity index (χ4n) is 5.00. The van der Waals surface area contributed by atoms with Gasteiger partial charge in [0.2, 0.25) is 5.91 Å². The van der Waals surface area contributed by atoms with Gasteiger partial charge in [-0.25, -0.2) is 9.78 Å². The number of esters is 1. The predicted molar refractivity (Wildman–Crippen MR) is 143 cm³/mol. The molecule has 38 heavy (non-hydrogen) atoms. The monoisotopic (exact) mass is 527 g/mol. The van der Waals surface area contributed by atoms with E-state index in [0.717, 1.165) is 5.57 Å². The number of carbonyl (C=O) groups is 3. The van der Waals surface area contributed by atoms with Crippen LogP contribution in [0.4, 0.5) is 0 Å². The van der Waals surface area contributed by atoms with Crippen LogP contribution in [0.15, 0.2) is 46.6 Å². The number of nitrogens with zero attached hydrogens (tertiary/aromatic N) is 2. The number of aliphatic hydroxyl groups is 1. The average Bonchev–Trinajstić information content (AvgIpc) is 3.52. The van der Waals surface area contributed by atoms with E-state index in [1.807, 2.05) is 46.8 Å². The number of aromatic nitrogens is 1. The van der Waals surface area contributed by atoms with Gasteiger partial charge in [-0.05, 0) is 44.1 Å². The van der Waals surface area contributed by atoms with Crippen molar-refractivity contribution in [1.82, 2.24) is 15.2 Å². The second kappa shape index (κ2) is 13.6. The Hall–Kier alpha value is -3.20. The molecule has 1 aromatic rings. The summed E-state index contributed by atoms with van der Waals surface area (Å²) in [6.45, 7) is 10.5. The van der Waals surface area contributed by atoms with Crippen LogP contribution in [0.2, 0.25) is 0 Å². The first-order valence-electron chi connectivity index (χ1n) is 13.5. The van der Waals surface area contributed by atoms with E-state index in [1.165, 1.54) is 17.2 Å². The molecule has 0 aliphatic carbocycles. The van der Waals surface area contributed by atoms with Crippen LogP contribution in [0, 0.1) is 17.8 Å². The molecule has 208 valence electrons. The normalized spacial score (nSPS) is 29.4. The maximum absolute atomic E-state index is 13.2. The molecule has 5 unspecified atom stereocenters. The molecule has 0 saturated carbocycles. The highest BCUT2D eigenvalue weighted by molar-refractivity contribution is 5.95. The van der Waals surface area contributed by atoms with Crippen molar-refractivity contribution in [1.29, 1.82) is 0 Å². The molecule has 2 amide bonds. The Bertz CT molecular complexity index is 1070. The topological polar surface area (TPSA) is 122 Å². The molecule has 9 heteroatoms. The van der Waals surface area contributed by atoms with Crippen molar-refractivity contribution in [3.63, 3.8) is 0 Å². The van der Waals surface area contributed by atoms with E-state index in [9.17, 15) is 19.5 Å². The number of hydrogen-bond donors (Lipinski definition) is 2. The number of amides is 2. The van der Waals surface area contributed by atoms with E-state index in [-0.39, 0.29) is 35.3 Å². The van der Waals surface area contributed by atoms with Crippen molar-refractivity contribution >= 4 is 17.8 Å². The van der Waals surface area contributed by atoms with Crippen LogP contribution < -0.4 is 5.32 Å². The minimum atomic E-state index is -0.694. The molecule has 1 aromatic heterocycles. The van der Waals surface area contributed by atoms with E-state index in [0.29, 0.717) is 44.7 Å². The Morgan fingerprint density at radius 1 is 1.18 bits per heavy atom. The first kappa shape index (κ1) is 29.4. The molecule has 0 radical (unpaired) electrons. The Morgan fingerprint density at radius 3 is 2.68 bits per heavy atom. The molecule has 0 spiro atoms. The summed E-state index contributed by atoms with van der Waals surface area (Å²) in [4.78, 5) is 44.7. The Morgan fingerprint density at radius 2 is 1.95 bits per heavy atom. The highest BCUT2D eigenvalue weighted by atomic mass is 16.5. The maximum atomic E-state index is 13.2. The molecule has 9 nitrogen and oxygen atoms in total. The Balaban J connectivity index is 1.85. The zero-order chi connectivity index (χ0) is 27.8. The molecule has 1 fully saturated rings. The standard InChI is InChI=1S/C29H41N3O6/c1-18(2)27-21(5)10-11-25(34)30-12-6-8-19(3)14-22(33)15-20(4)16-26-31-23(17-37-26)28(35)32-13-7-9-24(32)29(36)38-27/h6,8,10-11,14,17-18,20-22,24,27,33H,7,9,12-13,15-16H2,1-5H3,(H,30,34)/b8-6?,11-10+,19-14?. The van der Waals surface area contributed by atoms with Crippen LogP contribution in [0.1, 0.15) is 70.3 Å². The molecule has 0 aromatic carbocycles. The van der Waals surface area contributed by atoms with Crippen molar-refractivity contribution in [3.05, 3.63) is 53.8 Å². The number of carbonyl (C=O) groups excluding carboxylic acids is 3. The van der Waals surface area contributed by atoms with Crippen LogP contribution in [0.5, 0.6) is 0 Å². The Labute approximate surface area is 225 Å². The second-order valence-corrected chi connectivity index (χ2v) is 10.8. The van der Waals surface area contributed by atoms with Crippen molar-refractivity contribution < 1.29 is 28.6 Å². The first-order chi connectivity index (χ1) is 18.0. The molecule has 3 heterocycles. The SMILES string of the molecule is CC1=CC(O)CC(C)Cc2nc(co2)C(=O)N2CCCC2C(=O)OC(C(C)C)C(C)/C=C/C(=O)NCC=C1. The molecule has 2 aliphatic rings. The van der Waals surface area contributed by atoms with Crippen LogP contribution in [0.25, 0.3) is 0 Å². The van der Waals surface area contributed by atoms with Gasteiger partial charge in [-0.1, -0.05) is 57.6 Å². The molecular formula is C29H41N3O6. The van der Waals surface area contributed by atoms with Gasteiger partial charge in [-0.15, -0.1) is 0 Å². The summed E-state index contributed by atoms with van der Waals surface area (Å²) in [7, 11) is 0. The minimum Gasteiger partial charge on any atom is -0.460 e. The fourth-order valence-corrected chi connectivity index (χ4v) is 5.00. The second-order valence-electron chi connectivity index (χ2n) is 10.8. The van der Waals surface area contributed by atoms with Crippen LogP contribution >= 0.6 is 0 Å². The van der Waals surface area contributed by atoms with Crippen LogP contribution in [-0.2, 0) is 20.7 Å². The van der Waals surface area contributed by atoms with Crippen LogP contribution in [-0.4, -0.2) is 64.1 Å². The van der Waals surface area contributed by atoms with Crippen molar-refractivity contribution in [2.75, 3.05) is 13.1 Å². The van der Waals surface area contributed by atoms with Gasteiger partial charge in [0.15, 0.2) is 11.6 Å². The zero-order valence-electron chi connectivity index (χ0n) is 23.1. The van der Waals surface area contributed by atoms with E-state index in [4.69, 9.17) is 9.15 Å². The average molecular weight is 528 g/mol. The summed E-state index contributed by atoms with van der Waals surface area (Å²) in [6, 6.07) is -0.694. The lowest BCUT2D eigenvalue weighted by Gasteiger charge is -2.29. The predicted octanol–water partition coefficient (Wildman–Crippen LogP) is 3.60. The van der Waals surface area contributed by atoms with Gasteiger partial charge < -0.3 is 24.5 Å². The summed E-state index contributed by atoms with van der Waals surface area (Å²) in [5.74, 6) is -0.783. The lowest BCUT2D eigenvalue weighted by molar-refractivity contribution is -0.158. The third kappa shape index (κ3) is 8.15. The van der Waals surface area contributed by atoms with E-state index in [1.54, 1.807) is 12.2 Å². The van der Waals surface area contributed by atoms with E-state index in [2.05, 4.69) is 10.3 Å². The number of allylic oxidation sites excluding steroid dienone is 2. The summed E-state index contributed by atoms with van der Waals surface area (Å²) in [5.41, 5.74) is 1.04. The first-order valence-corrected chi connectivity index (χ1v) is 13.5. The molecule has 3 rings (SSSR count). The van der Waals surface area contributed by atoms with Gasteiger partial charge in [0.05, 0.1) is 6.10 Å². The zero-order valence-corrected chi connectivity index (χ0v) is 23.1. The molecule has 2 N–H and O–H groups in total. The summed E-state index contributed by atoms with van der Waals surface area (Å²) < 4.78 is 11.5. The molecule has 2 bridgehead atoms. The quantitative estimate of drug-likeness (QED) is 0.535. The van der Waals surface area contributed by atoms with Crippen LogP contribution in [0.3, 0.4) is 0 Å². The highest BCUT2D eigenvalue weighted by Gasteiger charge is 2.38. The number of ether oxygens (including phenoxy) is 1. The third-order valence-electron chi connectivity index (χ3n) is 6.93. The summed E-state index contributed by atoms with van der Waals surface area (Å²) in [6.07, 6.45) is 11.0. The number of rotatable bonds is 1. The largest absolute Gasteiger partial charge is 0.460 e. The number of hydrogen-bond acceptors (Lipinski definition) is 7. The van der Waals surface area contributed by atoms with Gasteiger partial charge in [0, 0.05) is 25.4 Å². The van der Waals surface area contributed by atoms with E-state index < -0.39 is 24.2 Å². The number of fused-ring (bicyclic) bond motifs is 3. The summed E-state index contributed by atoms with van der Waals surface area (Å²) >= 11 is 0. The van der Waals surface area contributed by atoms with Crippen molar-refractivity contribution in [2.24, 2.45) is 17.8 Å². The van der Waals surface area contributed by atoms with Gasteiger partial charge in [-0.3, -0.25) is 9.59 Å². The molecule has 2 aliphatic heterocycles. The fraction of sp³-hybridized carbons (Fsp3) is 0.586. The smallest absolute Gasteiger partial charge is 0.329 e. The number of nitrogens with one attached hydrogen (secondary N) is 1. The lowest BCUT2D eigenvalue weighted by atomic mass is 9.94. The van der Waals surface area contributed by atoms with Gasteiger partial charge in [0.25, 0.3) is 5.91 Å². The molecule has 5 atom stereocenters. The number of cyclic esters (lactones) is 1. The van der Waals surface area contributed by atoms with E-state index >= 15 is 0 Å². The lowest BCUT2D eigenvalue weighted by Crippen LogP contribution is -2.44. The van der Waals surface area contributed by atoms with Gasteiger partial charge in [0.1, 0.15) is 18.4 Å². The maximum Gasteiger partial charge on any atom is 0.329 e. The molecular weight excluding hydrogens is 486 g/mol. The van der Waals surface area contributed by atoms with Crippen molar-refractivity contribution in [2.45, 2.75) is 78.6 Å². The highest BCUT2D eigenvalue weighted by Crippen LogP contribution is 2.25. The number of oxazole rings is 1. The van der Waals surface area contributed by atoms with Crippen molar-refractivity contribution in [3.8, 4) is 0 Å². The molecule has 1 saturated heterocycles. The third-order valence-corrected chi connectivity index (χ3v) is 6.93. The van der Waals surface area contributed by atoms with Gasteiger partial charge in [-0.2, -0.15) is 0 Å². The number of aliphatic hydroxyl groups excluding tert-OH is 1. The summed E-state index contributed by atoms with van der Waals surface area (Å²) in [5, 5.41) is 13.3. The van der Waals surface area contributed by atoms with Gasteiger partial charge >= 0.3 is 5.97 Å².